The largest absolute Gasteiger partial charge is 0.444 e. The van der Waals surface area contributed by atoms with E-state index in [-0.39, 0.29) is 12.3 Å². The number of rotatable bonds is 2. The third-order valence-electron chi connectivity index (χ3n) is 2.20. The summed E-state index contributed by atoms with van der Waals surface area (Å²) in [6.07, 6.45) is 1.25. The fourth-order valence-electron chi connectivity index (χ4n) is 1.43. The lowest BCUT2D eigenvalue weighted by Gasteiger charge is -2.28. The number of carbonyl (C=O) groups excluding carboxylic acids is 2. The normalized spacial score (nSPS) is 16.8. The molecule has 0 aromatic carbocycles. The Kier molecular flexibility index (Phi) is 4.28. The Hall–Kier alpha value is -1.36. The molecule has 0 aromatic rings. The zero-order valence-corrected chi connectivity index (χ0v) is 10.8. The Morgan fingerprint density at radius 1 is 1.47 bits per heavy atom. The van der Waals surface area contributed by atoms with E-state index in [2.05, 4.69) is 0 Å². The molecule has 1 rings (SSSR count). The minimum absolute atomic E-state index is 0.0596. The molecule has 0 saturated carbocycles. The fourth-order valence-corrected chi connectivity index (χ4v) is 1.43. The second-order valence-corrected chi connectivity index (χ2v) is 4.95. The van der Waals surface area contributed by atoms with E-state index in [9.17, 15) is 9.59 Å². The Morgan fingerprint density at radius 3 is 2.59 bits per heavy atom. The highest BCUT2D eigenvalue weighted by Gasteiger charge is 2.27. The van der Waals surface area contributed by atoms with Crippen molar-refractivity contribution in [2.75, 3.05) is 26.8 Å². The van der Waals surface area contributed by atoms with Gasteiger partial charge < -0.3 is 9.47 Å². The van der Waals surface area contributed by atoms with Crippen molar-refractivity contribution in [1.82, 2.24) is 4.90 Å². The van der Waals surface area contributed by atoms with Crippen molar-refractivity contribution in [1.29, 1.82) is 0 Å². The summed E-state index contributed by atoms with van der Waals surface area (Å²) in [6, 6.07) is 0. The van der Waals surface area contributed by atoms with Gasteiger partial charge in [-0.25, -0.2) is 4.79 Å². The van der Waals surface area contributed by atoms with Crippen LogP contribution in [-0.2, 0) is 14.3 Å². The van der Waals surface area contributed by atoms with Crippen molar-refractivity contribution in [3.8, 4) is 0 Å². The van der Waals surface area contributed by atoms with Gasteiger partial charge in [-0.2, -0.15) is 0 Å². The summed E-state index contributed by atoms with van der Waals surface area (Å²) in [6.45, 7) is 6.12. The molecule has 0 radical (unpaired) electrons. The molecule has 96 valence electrons. The number of nitrogens with zero attached hydrogens (tertiary/aromatic N) is 1. The van der Waals surface area contributed by atoms with Crippen molar-refractivity contribution in [2.45, 2.75) is 26.4 Å². The van der Waals surface area contributed by atoms with Gasteiger partial charge in [-0.1, -0.05) is 6.08 Å². The number of ether oxygens (including phenoxy) is 2. The highest BCUT2D eigenvalue weighted by Crippen LogP contribution is 2.13. The lowest BCUT2D eigenvalue weighted by atomic mass is 10.1. The maximum absolute atomic E-state index is 11.7. The van der Waals surface area contributed by atoms with Crippen LogP contribution in [0.25, 0.3) is 0 Å². The molecule has 0 fully saturated rings. The quantitative estimate of drug-likeness (QED) is 0.733. The summed E-state index contributed by atoms with van der Waals surface area (Å²) < 4.78 is 10.1. The molecule has 0 aliphatic carbocycles. The maximum Gasteiger partial charge on any atom is 0.410 e. The molecule has 0 unspecified atom stereocenters. The van der Waals surface area contributed by atoms with Gasteiger partial charge in [0.25, 0.3) is 0 Å². The average molecular weight is 241 g/mol. The summed E-state index contributed by atoms with van der Waals surface area (Å²) in [4.78, 5) is 24.8. The van der Waals surface area contributed by atoms with E-state index < -0.39 is 11.7 Å². The maximum atomic E-state index is 11.7. The highest BCUT2D eigenvalue weighted by molar-refractivity contribution is 5.99. The lowest BCUT2D eigenvalue weighted by molar-refractivity contribution is -0.117. The predicted molar refractivity (Wildman–Crippen MR) is 62.8 cm³/mol. The van der Waals surface area contributed by atoms with E-state index in [4.69, 9.17) is 9.47 Å². The first-order chi connectivity index (χ1) is 7.83. The first kappa shape index (κ1) is 13.7. The van der Waals surface area contributed by atoms with Gasteiger partial charge in [-0.15, -0.1) is 0 Å². The third kappa shape index (κ3) is 4.19. The molecular formula is C12H19NO4. The van der Waals surface area contributed by atoms with Crippen LogP contribution in [0.4, 0.5) is 4.79 Å². The minimum atomic E-state index is -0.545. The van der Waals surface area contributed by atoms with Crippen LogP contribution in [0.1, 0.15) is 20.8 Å². The smallest absolute Gasteiger partial charge is 0.410 e. The zero-order chi connectivity index (χ0) is 13.1. The number of methoxy groups -OCH3 is 1. The van der Waals surface area contributed by atoms with Crippen molar-refractivity contribution in [3.05, 3.63) is 11.6 Å². The highest BCUT2D eigenvalue weighted by atomic mass is 16.6. The van der Waals surface area contributed by atoms with Crippen LogP contribution in [0, 0.1) is 0 Å². The predicted octanol–water partition coefficient (Wildman–Crippen LogP) is 1.38. The van der Waals surface area contributed by atoms with Crippen LogP contribution in [0.15, 0.2) is 11.6 Å². The number of ketones is 1. The van der Waals surface area contributed by atoms with Gasteiger partial charge in [-0.3, -0.25) is 9.69 Å². The Morgan fingerprint density at radius 2 is 2.12 bits per heavy atom. The van der Waals surface area contributed by atoms with E-state index in [1.807, 2.05) is 0 Å². The standard InChI is InChI=1S/C12H19NO4/c1-12(2,3)17-11(15)13-6-5-9(8-16-4)10(14)7-13/h5H,6-8H2,1-4H3. The summed E-state index contributed by atoms with van der Waals surface area (Å²) in [5.74, 6) is -0.0936. The van der Waals surface area contributed by atoms with E-state index in [0.717, 1.165) is 0 Å². The number of hydrogen-bond acceptors (Lipinski definition) is 4. The molecule has 0 bridgehead atoms. The summed E-state index contributed by atoms with van der Waals surface area (Å²) in [5, 5.41) is 0. The summed E-state index contributed by atoms with van der Waals surface area (Å²) in [7, 11) is 1.54. The third-order valence-corrected chi connectivity index (χ3v) is 2.20. The number of hydrogen-bond donors (Lipinski definition) is 0. The van der Waals surface area contributed by atoms with Crippen LogP contribution in [0.5, 0.6) is 0 Å². The molecule has 17 heavy (non-hydrogen) atoms. The van der Waals surface area contributed by atoms with Gasteiger partial charge in [-0.05, 0) is 20.8 Å². The van der Waals surface area contributed by atoms with Crippen molar-refractivity contribution in [2.24, 2.45) is 0 Å². The van der Waals surface area contributed by atoms with E-state index in [1.165, 1.54) is 12.0 Å². The molecule has 1 heterocycles. The van der Waals surface area contributed by atoms with E-state index >= 15 is 0 Å². The van der Waals surface area contributed by atoms with Crippen LogP contribution in [0.3, 0.4) is 0 Å². The molecule has 0 atom stereocenters. The van der Waals surface area contributed by atoms with Gasteiger partial charge >= 0.3 is 6.09 Å². The fraction of sp³-hybridized carbons (Fsp3) is 0.667. The number of Topliss-reactive ketones (excluding diaryl/α,β-unsaturated/α-hetero) is 1. The average Bonchev–Trinajstić information content (AvgIpc) is 2.18. The van der Waals surface area contributed by atoms with E-state index in [1.54, 1.807) is 26.8 Å². The molecule has 0 spiro atoms. The van der Waals surface area contributed by atoms with Gasteiger partial charge in [0.2, 0.25) is 0 Å². The van der Waals surface area contributed by atoms with Crippen LogP contribution >= 0.6 is 0 Å². The zero-order valence-electron chi connectivity index (χ0n) is 10.8. The SMILES string of the molecule is COCC1=CCN(C(=O)OC(C)(C)C)CC1=O. The second-order valence-electron chi connectivity index (χ2n) is 4.95. The van der Waals surface area contributed by atoms with Crippen molar-refractivity contribution in [3.63, 3.8) is 0 Å². The van der Waals surface area contributed by atoms with Gasteiger partial charge in [0, 0.05) is 19.2 Å². The van der Waals surface area contributed by atoms with Crippen LogP contribution in [0.2, 0.25) is 0 Å². The Bertz CT molecular complexity index is 341. The minimum Gasteiger partial charge on any atom is -0.444 e. The number of carbonyl (C=O) groups is 2. The van der Waals surface area contributed by atoms with Crippen molar-refractivity contribution < 1.29 is 19.1 Å². The van der Waals surface area contributed by atoms with Crippen molar-refractivity contribution >= 4 is 11.9 Å². The second kappa shape index (κ2) is 5.31. The molecule has 5 nitrogen and oxygen atoms in total. The molecule has 0 aromatic heterocycles. The van der Waals surface area contributed by atoms with Gasteiger partial charge in [0.1, 0.15) is 5.60 Å². The molecular weight excluding hydrogens is 222 g/mol. The Labute approximate surface area is 101 Å². The van der Waals surface area contributed by atoms with Gasteiger partial charge in [0.15, 0.2) is 5.78 Å². The molecule has 1 aliphatic rings. The number of amides is 1. The topological polar surface area (TPSA) is 55.8 Å². The molecule has 0 saturated heterocycles. The van der Waals surface area contributed by atoms with Crippen LogP contribution < -0.4 is 0 Å². The Balaban J connectivity index is 2.61. The van der Waals surface area contributed by atoms with Gasteiger partial charge in [0.05, 0.1) is 13.2 Å². The monoisotopic (exact) mass is 241 g/mol. The summed E-state index contributed by atoms with van der Waals surface area (Å²) >= 11 is 0. The van der Waals surface area contributed by atoms with E-state index in [0.29, 0.717) is 18.7 Å². The molecule has 1 aliphatic heterocycles. The first-order valence-electron chi connectivity index (χ1n) is 5.52. The molecule has 0 N–H and O–H groups in total. The summed E-state index contributed by atoms with van der Waals surface area (Å²) in [5.41, 5.74) is 0.0729. The van der Waals surface area contributed by atoms with Crippen LogP contribution in [-0.4, -0.2) is 49.2 Å². The lowest BCUT2D eigenvalue weighted by Crippen LogP contribution is -2.43. The molecule has 5 heteroatoms. The first-order valence-corrected chi connectivity index (χ1v) is 5.52. The molecule has 1 amide bonds.